The van der Waals surface area contributed by atoms with Crippen molar-refractivity contribution in [2.24, 2.45) is 0 Å². The summed E-state index contributed by atoms with van der Waals surface area (Å²) < 4.78 is 24.0. The minimum Gasteiger partial charge on any atom is -0.347 e. The second kappa shape index (κ2) is 9.04. The van der Waals surface area contributed by atoms with Crippen LogP contribution in [0.4, 0.5) is 0 Å². The van der Waals surface area contributed by atoms with Gasteiger partial charge in [-0.2, -0.15) is 0 Å². The molecule has 5 heteroatoms. The van der Waals surface area contributed by atoms with Crippen LogP contribution in [-0.2, 0) is 30.2 Å². The van der Waals surface area contributed by atoms with Gasteiger partial charge in [-0.3, -0.25) is 0 Å². The van der Waals surface area contributed by atoms with Crippen LogP contribution in [0.1, 0.15) is 65.4 Å². The summed E-state index contributed by atoms with van der Waals surface area (Å²) in [6.07, 6.45) is 5.97. The van der Waals surface area contributed by atoms with E-state index in [0.717, 1.165) is 38.4 Å². The average molecular weight is 391 g/mol. The van der Waals surface area contributed by atoms with Crippen molar-refractivity contribution < 1.29 is 23.7 Å². The first kappa shape index (κ1) is 21.4. The molecule has 0 aromatic heterocycles. The highest BCUT2D eigenvalue weighted by Crippen LogP contribution is 2.35. The van der Waals surface area contributed by atoms with E-state index >= 15 is 0 Å². The zero-order chi connectivity index (χ0) is 20.2. The van der Waals surface area contributed by atoms with Crippen LogP contribution in [-0.4, -0.2) is 42.3 Å². The molecule has 2 aliphatic heterocycles. The molecule has 0 spiro atoms. The van der Waals surface area contributed by atoms with E-state index in [2.05, 4.69) is 24.3 Å². The van der Waals surface area contributed by atoms with E-state index in [9.17, 15) is 4.79 Å². The standard InChI is InChI=1S/C23H34O5/c1-22(2)25-18(12-8-11-17-9-6-5-7-10-17)13-19(26-22)14-20-15-21(16-24)28-23(3,4)27-20/h5-7,9-10,16,18-21H,8,11-15H2,1-4H3/t18-,19-,20+,21+/m1/s1. The Morgan fingerprint density at radius 2 is 1.50 bits per heavy atom. The van der Waals surface area contributed by atoms with E-state index < -0.39 is 17.7 Å². The summed E-state index contributed by atoms with van der Waals surface area (Å²) in [6, 6.07) is 10.6. The Morgan fingerprint density at radius 3 is 2.18 bits per heavy atom. The molecule has 4 atom stereocenters. The van der Waals surface area contributed by atoms with Gasteiger partial charge in [0, 0.05) is 19.3 Å². The van der Waals surface area contributed by atoms with Crippen molar-refractivity contribution in [3.05, 3.63) is 35.9 Å². The predicted molar refractivity (Wildman–Crippen MR) is 107 cm³/mol. The van der Waals surface area contributed by atoms with Crippen LogP contribution in [0.25, 0.3) is 0 Å². The third-order valence-electron chi connectivity index (χ3n) is 5.32. The number of carbonyl (C=O) groups is 1. The van der Waals surface area contributed by atoms with Crippen molar-refractivity contribution in [2.75, 3.05) is 0 Å². The van der Waals surface area contributed by atoms with Crippen LogP contribution in [0.5, 0.6) is 0 Å². The third-order valence-corrected chi connectivity index (χ3v) is 5.32. The van der Waals surface area contributed by atoms with E-state index in [1.54, 1.807) is 0 Å². The van der Waals surface area contributed by atoms with Crippen LogP contribution < -0.4 is 0 Å². The van der Waals surface area contributed by atoms with Crippen molar-refractivity contribution in [1.82, 2.24) is 0 Å². The largest absolute Gasteiger partial charge is 0.347 e. The van der Waals surface area contributed by atoms with Crippen LogP contribution in [0, 0.1) is 0 Å². The van der Waals surface area contributed by atoms with E-state index in [4.69, 9.17) is 18.9 Å². The summed E-state index contributed by atoms with van der Waals surface area (Å²) in [6.45, 7) is 7.67. The van der Waals surface area contributed by atoms with Gasteiger partial charge < -0.3 is 23.7 Å². The molecule has 5 nitrogen and oxygen atoms in total. The lowest BCUT2D eigenvalue weighted by atomic mass is 9.95. The molecule has 0 saturated carbocycles. The normalized spacial score (nSPS) is 32.0. The number of benzene rings is 1. The molecule has 1 aromatic rings. The Bertz CT molecular complexity index is 627. The van der Waals surface area contributed by atoms with Crippen molar-refractivity contribution in [3.63, 3.8) is 0 Å². The van der Waals surface area contributed by atoms with Gasteiger partial charge in [0.15, 0.2) is 11.6 Å². The topological polar surface area (TPSA) is 54.0 Å². The lowest BCUT2D eigenvalue weighted by molar-refractivity contribution is -0.321. The molecule has 2 fully saturated rings. The molecule has 2 aliphatic rings. The molecular formula is C23H34O5. The van der Waals surface area contributed by atoms with Crippen LogP contribution in [0.3, 0.4) is 0 Å². The van der Waals surface area contributed by atoms with Gasteiger partial charge in [0.05, 0.1) is 18.3 Å². The van der Waals surface area contributed by atoms with Crippen LogP contribution >= 0.6 is 0 Å². The number of ether oxygens (including phenoxy) is 4. The molecule has 2 saturated heterocycles. The third kappa shape index (κ3) is 6.38. The molecule has 2 heterocycles. The van der Waals surface area contributed by atoms with Crippen LogP contribution in [0.2, 0.25) is 0 Å². The molecule has 28 heavy (non-hydrogen) atoms. The molecule has 0 radical (unpaired) electrons. The number of rotatable bonds is 7. The van der Waals surface area contributed by atoms with Gasteiger partial charge in [0.1, 0.15) is 12.4 Å². The van der Waals surface area contributed by atoms with E-state index in [1.165, 1.54) is 5.56 Å². The Hall–Kier alpha value is -1.27. The molecule has 0 bridgehead atoms. The molecule has 1 aromatic carbocycles. The summed E-state index contributed by atoms with van der Waals surface area (Å²) in [5.41, 5.74) is 1.36. The van der Waals surface area contributed by atoms with Gasteiger partial charge in [-0.15, -0.1) is 0 Å². The fraction of sp³-hybridized carbons (Fsp3) is 0.696. The van der Waals surface area contributed by atoms with Crippen molar-refractivity contribution in [3.8, 4) is 0 Å². The minimum absolute atomic E-state index is 0.0525. The van der Waals surface area contributed by atoms with Crippen molar-refractivity contribution in [1.29, 1.82) is 0 Å². The highest BCUT2D eigenvalue weighted by molar-refractivity contribution is 5.56. The number of carbonyl (C=O) groups excluding carboxylic acids is 1. The number of aryl methyl sites for hydroxylation is 1. The summed E-state index contributed by atoms with van der Waals surface area (Å²) >= 11 is 0. The van der Waals surface area contributed by atoms with E-state index in [0.29, 0.717) is 6.42 Å². The first-order valence-corrected chi connectivity index (χ1v) is 10.5. The van der Waals surface area contributed by atoms with Gasteiger partial charge in [0.2, 0.25) is 0 Å². The molecule has 0 amide bonds. The molecule has 0 N–H and O–H groups in total. The van der Waals surface area contributed by atoms with Crippen LogP contribution in [0.15, 0.2) is 30.3 Å². The fourth-order valence-corrected chi connectivity index (χ4v) is 4.39. The number of hydrogen-bond donors (Lipinski definition) is 0. The van der Waals surface area contributed by atoms with Gasteiger partial charge in [-0.05, 0) is 52.5 Å². The second-order valence-electron chi connectivity index (χ2n) is 8.90. The highest BCUT2D eigenvalue weighted by atomic mass is 16.7. The average Bonchev–Trinajstić information content (AvgIpc) is 2.60. The van der Waals surface area contributed by atoms with Crippen molar-refractivity contribution in [2.45, 2.75) is 102 Å². The lowest BCUT2D eigenvalue weighted by Gasteiger charge is -2.44. The Morgan fingerprint density at radius 1 is 0.893 bits per heavy atom. The van der Waals surface area contributed by atoms with E-state index in [-0.39, 0.29) is 18.3 Å². The summed E-state index contributed by atoms with van der Waals surface area (Å²) in [7, 11) is 0. The lowest BCUT2D eigenvalue weighted by Crippen LogP contribution is -2.49. The molecule has 156 valence electrons. The summed E-state index contributed by atoms with van der Waals surface area (Å²) in [4.78, 5) is 11.2. The van der Waals surface area contributed by atoms with Gasteiger partial charge >= 0.3 is 0 Å². The van der Waals surface area contributed by atoms with Gasteiger partial charge in [0.25, 0.3) is 0 Å². The Labute approximate surface area is 168 Å². The number of aldehydes is 1. The fourth-order valence-electron chi connectivity index (χ4n) is 4.39. The van der Waals surface area contributed by atoms with Gasteiger partial charge in [-0.25, -0.2) is 0 Å². The predicted octanol–water partition coefficient (Wildman–Crippen LogP) is 4.42. The van der Waals surface area contributed by atoms with E-state index in [1.807, 2.05) is 33.8 Å². The highest BCUT2D eigenvalue weighted by Gasteiger charge is 2.40. The first-order valence-electron chi connectivity index (χ1n) is 10.5. The summed E-state index contributed by atoms with van der Waals surface area (Å²) in [5, 5.41) is 0. The zero-order valence-corrected chi connectivity index (χ0v) is 17.6. The van der Waals surface area contributed by atoms with Gasteiger partial charge in [-0.1, -0.05) is 30.3 Å². The summed E-state index contributed by atoms with van der Waals surface area (Å²) in [5.74, 6) is -1.35. The minimum atomic E-state index is -0.746. The molecule has 3 rings (SSSR count). The SMILES string of the molecule is CC1(C)O[C@H](CCCc2ccccc2)C[C@H](C[C@H]2C[C@@H](C=O)OC(C)(C)O2)O1. The smallest absolute Gasteiger partial charge is 0.164 e. The number of hydrogen-bond acceptors (Lipinski definition) is 5. The molecule has 0 unspecified atom stereocenters. The Kier molecular flexibility index (Phi) is 6.92. The monoisotopic (exact) mass is 390 g/mol. The van der Waals surface area contributed by atoms with Crippen molar-refractivity contribution >= 4 is 6.29 Å². The maximum absolute atomic E-state index is 11.2. The zero-order valence-electron chi connectivity index (χ0n) is 17.6. The molecule has 0 aliphatic carbocycles. The first-order chi connectivity index (χ1) is 13.2. The second-order valence-corrected chi connectivity index (χ2v) is 8.90. The quantitative estimate of drug-likeness (QED) is 0.645. The maximum Gasteiger partial charge on any atom is 0.164 e. The molecular weight excluding hydrogens is 356 g/mol. The Balaban J connectivity index is 1.53. The maximum atomic E-state index is 11.2.